The predicted octanol–water partition coefficient (Wildman–Crippen LogP) is 4.84. The van der Waals surface area contributed by atoms with Gasteiger partial charge in [0.1, 0.15) is 0 Å². The highest BCUT2D eigenvalue weighted by atomic mass is 14.7. The molecule has 1 aliphatic rings. The van der Waals surface area contributed by atoms with Gasteiger partial charge in [0.25, 0.3) is 0 Å². The van der Waals surface area contributed by atoms with Crippen molar-refractivity contribution in [3.05, 3.63) is 34.4 Å². The molecule has 1 aromatic rings. The summed E-state index contributed by atoms with van der Waals surface area (Å²) >= 11 is 0. The van der Waals surface area contributed by atoms with Gasteiger partial charge in [0, 0.05) is 5.54 Å². The second kappa shape index (κ2) is 6.30. The zero-order valence-corrected chi connectivity index (χ0v) is 13.8. The third kappa shape index (κ3) is 3.63. The van der Waals surface area contributed by atoms with Gasteiger partial charge in [-0.15, -0.1) is 0 Å². The minimum Gasteiger partial charge on any atom is -0.325 e. The third-order valence-corrected chi connectivity index (χ3v) is 5.17. The van der Waals surface area contributed by atoms with Crippen LogP contribution in [0.15, 0.2) is 12.1 Å². The number of benzene rings is 1. The average Bonchev–Trinajstić information content (AvgIpc) is 2.37. The summed E-state index contributed by atoms with van der Waals surface area (Å²) in [4.78, 5) is 0. The maximum atomic E-state index is 6.73. The first kappa shape index (κ1) is 15.6. The van der Waals surface area contributed by atoms with E-state index in [0.29, 0.717) is 0 Å². The van der Waals surface area contributed by atoms with Gasteiger partial charge in [-0.25, -0.2) is 0 Å². The molecule has 2 rings (SSSR count). The van der Waals surface area contributed by atoms with E-state index in [1.165, 1.54) is 60.8 Å². The number of aryl methyl sites for hydroxylation is 3. The van der Waals surface area contributed by atoms with Crippen molar-refractivity contribution in [1.29, 1.82) is 0 Å². The van der Waals surface area contributed by atoms with Gasteiger partial charge in [-0.2, -0.15) is 0 Å². The van der Waals surface area contributed by atoms with E-state index >= 15 is 0 Å². The molecule has 0 heterocycles. The van der Waals surface area contributed by atoms with E-state index in [1.54, 1.807) is 0 Å². The molecule has 1 saturated carbocycles. The Bertz CT molecular complexity index is 430. The third-order valence-electron chi connectivity index (χ3n) is 5.17. The van der Waals surface area contributed by atoms with Crippen molar-refractivity contribution in [2.45, 2.75) is 78.2 Å². The van der Waals surface area contributed by atoms with Crippen molar-refractivity contribution in [2.24, 2.45) is 11.7 Å². The van der Waals surface area contributed by atoms with Crippen molar-refractivity contribution in [3.63, 3.8) is 0 Å². The van der Waals surface area contributed by atoms with Gasteiger partial charge in [-0.3, -0.25) is 0 Å². The summed E-state index contributed by atoms with van der Waals surface area (Å²) in [6.45, 7) is 8.95. The van der Waals surface area contributed by atoms with Crippen molar-refractivity contribution >= 4 is 0 Å². The lowest BCUT2D eigenvalue weighted by Gasteiger charge is -2.38. The summed E-state index contributed by atoms with van der Waals surface area (Å²) in [5, 5.41) is 0. The molecule has 0 spiro atoms. The number of nitrogens with two attached hydrogens (primary N) is 1. The normalized spacial score (nSPS) is 26.8. The number of rotatable bonds is 4. The maximum Gasteiger partial charge on any atom is 0.0195 e. The largest absolute Gasteiger partial charge is 0.325 e. The SMILES string of the molecule is CCCC1CCC(N)(Cc2c(C)cc(C)cc2C)CC1. The van der Waals surface area contributed by atoms with E-state index < -0.39 is 0 Å². The fraction of sp³-hybridized carbons (Fsp3) is 0.684. The Kier molecular flexibility index (Phi) is 4.90. The van der Waals surface area contributed by atoms with Gasteiger partial charge in [-0.1, -0.05) is 37.5 Å². The molecule has 0 bridgehead atoms. The molecule has 1 aliphatic carbocycles. The quantitative estimate of drug-likeness (QED) is 0.834. The van der Waals surface area contributed by atoms with Gasteiger partial charge in [0.05, 0.1) is 0 Å². The highest BCUT2D eigenvalue weighted by Gasteiger charge is 2.32. The van der Waals surface area contributed by atoms with Crippen LogP contribution in [0.5, 0.6) is 0 Å². The molecule has 0 radical (unpaired) electrons. The van der Waals surface area contributed by atoms with Crippen LogP contribution in [0, 0.1) is 26.7 Å². The van der Waals surface area contributed by atoms with Crippen LogP contribution in [0.3, 0.4) is 0 Å². The van der Waals surface area contributed by atoms with Crippen LogP contribution in [0.25, 0.3) is 0 Å². The Morgan fingerprint density at radius 2 is 1.65 bits per heavy atom. The zero-order chi connectivity index (χ0) is 14.8. The molecule has 20 heavy (non-hydrogen) atoms. The monoisotopic (exact) mass is 273 g/mol. The van der Waals surface area contributed by atoms with Crippen LogP contribution in [-0.4, -0.2) is 5.54 Å². The van der Waals surface area contributed by atoms with Gasteiger partial charge in [0.15, 0.2) is 0 Å². The van der Waals surface area contributed by atoms with Crippen molar-refractivity contribution in [1.82, 2.24) is 0 Å². The first-order valence-corrected chi connectivity index (χ1v) is 8.29. The van der Waals surface area contributed by atoms with Crippen LogP contribution < -0.4 is 5.73 Å². The Labute approximate surface area is 125 Å². The van der Waals surface area contributed by atoms with E-state index in [2.05, 4.69) is 39.8 Å². The fourth-order valence-electron chi connectivity index (χ4n) is 3.97. The molecule has 0 atom stereocenters. The Hall–Kier alpha value is -0.820. The first-order chi connectivity index (χ1) is 9.43. The maximum absolute atomic E-state index is 6.73. The van der Waals surface area contributed by atoms with Crippen molar-refractivity contribution in [3.8, 4) is 0 Å². The summed E-state index contributed by atoms with van der Waals surface area (Å²) in [6, 6.07) is 4.60. The molecule has 1 fully saturated rings. The second-order valence-corrected chi connectivity index (χ2v) is 7.15. The molecular formula is C19H31N. The summed E-state index contributed by atoms with van der Waals surface area (Å²) < 4.78 is 0. The van der Waals surface area contributed by atoms with Crippen molar-refractivity contribution < 1.29 is 0 Å². The van der Waals surface area contributed by atoms with E-state index in [0.717, 1.165) is 12.3 Å². The van der Waals surface area contributed by atoms with Gasteiger partial charge in [0.2, 0.25) is 0 Å². The van der Waals surface area contributed by atoms with Crippen LogP contribution >= 0.6 is 0 Å². The molecule has 2 N–H and O–H groups in total. The van der Waals surface area contributed by atoms with E-state index in [9.17, 15) is 0 Å². The van der Waals surface area contributed by atoms with Crippen LogP contribution in [0.2, 0.25) is 0 Å². The fourth-order valence-corrected chi connectivity index (χ4v) is 3.97. The molecule has 1 heteroatoms. The lowest BCUT2D eigenvalue weighted by atomic mass is 9.72. The summed E-state index contributed by atoms with van der Waals surface area (Å²) in [7, 11) is 0. The molecule has 0 amide bonds. The average molecular weight is 273 g/mol. The Balaban J connectivity index is 2.07. The number of hydrogen-bond donors (Lipinski definition) is 1. The lowest BCUT2D eigenvalue weighted by Crippen LogP contribution is -2.45. The summed E-state index contributed by atoms with van der Waals surface area (Å²) in [5.41, 5.74) is 12.5. The lowest BCUT2D eigenvalue weighted by molar-refractivity contribution is 0.223. The van der Waals surface area contributed by atoms with Gasteiger partial charge < -0.3 is 5.73 Å². The summed E-state index contributed by atoms with van der Waals surface area (Å²) in [5.74, 6) is 0.928. The van der Waals surface area contributed by atoms with Crippen LogP contribution in [-0.2, 0) is 6.42 Å². The molecule has 112 valence electrons. The number of hydrogen-bond acceptors (Lipinski definition) is 1. The highest BCUT2D eigenvalue weighted by Crippen LogP contribution is 2.36. The smallest absolute Gasteiger partial charge is 0.0195 e. The highest BCUT2D eigenvalue weighted by molar-refractivity contribution is 5.38. The topological polar surface area (TPSA) is 26.0 Å². The molecule has 0 saturated heterocycles. The molecular weight excluding hydrogens is 242 g/mol. The van der Waals surface area contributed by atoms with Gasteiger partial charge in [-0.05, 0) is 75.5 Å². The minimum absolute atomic E-state index is 0.0367. The zero-order valence-electron chi connectivity index (χ0n) is 13.8. The molecule has 0 aromatic heterocycles. The Morgan fingerprint density at radius 3 is 2.15 bits per heavy atom. The van der Waals surface area contributed by atoms with E-state index in [-0.39, 0.29) is 5.54 Å². The van der Waals surface area contributed by atoms with Crippen LogP contribution in [0.4, 0.5) is 0 Å². The Morgan fingerprint density at radius 1 is 1.10 bits per heavy atom. The first-order valence-electron chi connectivity index (χ1n) is 8.29. The second-order valence-electron chi connectivity index (χ2n) is 7.15. The molecule has 0 unspecified atom stereocenters. The van der Waals surface area contributed by atoms with Crippen molar-refractivity contribution in [2.75, 3.05) is 0 Å². The molecule has 1 nitrogen and oxygen atoms in total. The molecule has 0 aliphatic heterocycles. The summed E-state index contributed by atoms with van der Waals surface area (Å²) in [6.07, 6.45) is 8.82. The van der Waals surface area contributed by atoms with Crippen LogP contribution in [0.1, 0.15) is 67.7 Å². The van der Waals surface area contributed by atoms with E-state index in [4.69, 9.17) is 5.73 Å². The minimum atomic E-state index is 0.0367. The molecule has 1 aromatic carbocycles. The van der Waals surface area contributed by atoms with Gasteiger partial charge >= 0.3 is 0 Å². The van der Waals surface area contributed by atoms with E-state index in [1.807, 2.05) is 0 Å². The standard InChI is InChI=1S/C19H31N/c1-5-6-17-7-9-19(20,10-8-17)13-18-15(3)11-14(2)12-16(18)4/h11-12,17H,5-10,13,20H2,1-4H3. The predicted molar refractivity (Wildman–Crippen MR) is 88.1 cm³/mol.